The highest BCUT2D eigenvalue weighted by Crippen LogP contribution is 2.26. The molecule has 138 valence electrons. The van der Waals surface area contributed by atoms with Gasteiger partial charge in [-0.1, -0.05) is 29.8 Å². The Morgan fingerprint density at radius 1 is 1.22 bits per heavy atom. The van der Waals surface area contributed by atoms with Gasteiger partial charge in [-0.15, -0.1) is 0 Å². The van der Waals surface area contributed by atoms with Gasteiger partial charge in [0.15, 0.2) is 0 Å². The maximum atomic E-state index is 12.8. The molecule has 2 aromatic carbocycles. The highest BCUT2D eigenvalue weighted by atomic mass is 16.5. The zero-order valence-corrected chi connectivity index (χ0v) is 15.2. The second-order valence-corrected chi connectivity index (χ2v) is 7.12. The number of pyridine rings is 1. The quantitative estimate of drug-likeness (QED) is 0.752. The van der Waals surface area contributed by atoms with E-state index in [1.54, 1.807) is 0 Å². The van der Waals surface area contributed by atoms with Crippen molar-refractivity contribution < 1.29 is 9.53 Å². The van der Waals surface area contributed by atoms with E-state index in [0.717, 1.165) is 29.5 Å². The fourth-order valence-electron chi connectivity index (χ4n) is 3.62. The third-order valence-corrected chi connectivity index (χ3v) is 5.06. The second-order valence-electron chi connectivity index (χ2n) is 7.12. The third-order valence-electron chi connectivity index (χ3n) is 5.06. The number of carbonyl (C=O) groups is 1. The SMILES string of the molecule is Cc1ccc2[nH]c(=O)cc(C(=O)NC[C@H]3CCOc4ccccc4C3)c2c1. The molecule has 1 aliphatic heterocycles. The summed E-state index contributed by atoms with van der Waals surface area (Å²) in [6.45, 7) is 3.16. The largest absolute Gasteiger partial charge is 0.493 e. The summed E-state index contributed by atoms with van der Waals surface area (Å²) in [7, 11) is 0. The number of hydrogen-bond donors (Lipinski definition) is 2. The van der Waals surface area contributed by atoms with E-state index in [1.165, 1.54) is 11.6 Å². The van der Waals surface area contributed by atoms with E-state index in [-0.39, 0.29) is 11.5 Å². The molecule has 2 N–H and O–H groups in total. The minimum absolute atomic E-state index is 0.213. The molecule has 1 amide bonds. The first-order valence-corrected chi connectivity index (χ1v) is 9.23. The molecule has 27 heavy (non-hydrogen) atoms. The molecule has 1 aromatic heterocycles. The van der Waals surface area contributed by atoms with Gasteiger partial charge >= 0.3 is 0 Å². The molecule has 0 unspecified atom stereocenters. The van der Waals surface area contributed by atoms with Crippen molar-refractivity contribution in [2.75, 3.05) is 13.2 Å². The van der Waals surface area contributed by atoms with E-state index < -0.39 is 0 Å². The Labute approximate surface area is 157 Å². The third kappa shape index (κ3) is 3.72. The van der Waals surface area contributed by atoms with Crippen LogP contribution in [-0.2, 0) is 6.42 Å². The molecule has 0 bridgehead atoms. The van der Waals surface area contributed by atoms with Gasteiger partial charge in [0.05, 0.1) is 12.2 Å². The first-order chi connectivity index (χ1) is 13.1. The second kappa shape index (κ2) is 7.27. The first-order valence-electron chi connectivity index (χ1n) is 9.23. The molecule has 5 nitrogen and oxygen atoms in total. The molecule has 0 saturated carbocycles. The Bertz CT molecular complexity index is 1050. The predicted molar refractivity (Wildman–Crippen MR) is 105 cm³/mol. The number of fused-ring (bicyclic) bond motifs is 2. The lowest BCUT2D eigenvalue weighted by Gasteiger charge is -2.15. The highest BCUT2D eigenvalue weighted by molar-refractivity contribution is 6.06. The van der Waals surface area contributed by atoms with Crippen molar-refractivity contribution >= 4 is 16.8 Å². The van der Waals surface area contributed by atoms with Crippen molar-refractivity contribution in [2.24, 2.45) is 5.92 Å². The van der Waals surface area contributed by atoms with Crippen LogP contribution in [-0.4, -0.2) is 24.0 Å². The summed E-state index contributed by atoms with van der Waals surface area (Å²) in [5.41, 5.74) is 3.04. The van der Waals surface area contributed by atoms with E-state index in [1.807, 2.05) is 43.3 Å². The van der Waals surface area contributed by atoms with Gasteiger partial charge in [0.25, 0.3) is 5.91 Å². The van der Waals surface area contributed by atoms with Crippen LogP contribution in [0, 0.1) is 12.8 Å². The lowest BCUT2D eigenvalue weighted by molar-refractivity contribution is 0.0947. The number of H-pyrrole nitrogens is 1. The number of ether oxygens (including phenoxy) is 1. The first kappa shape index (κ1) is 17.3. The molecular formula is C22H22N2O3. The van der Waals surface area contributed by atoms with E-state index in [0.29, 0.717) is 30.1 Å². The molecule has 3 aromatic rings. The van der Waals surface area contributed by atoms with Gasteiger partial charge in [0, 0.05) is 23.5 Å². The molecule has 2 heterocycles. The van der Waals surface area contributed by atoms with Gasteiger partial charge in [0.2, 0.25) is 5.56 Å². The van der Waals surface area contributed by atoms with E-state index >= 15 is 0 Å². The Morgan fingerprint density at radius 2 is 2.07 bits per heavy atom. The Balaban J connectivity index is 1.53. The summed E-state index contributed by atoms with van der Waals surface area (Å²) in [5, 5.41) is 3.78. The van der Waals surface area contributed by atoms with E-state index in [9.17, 15) is 9.59 Å². The van der Waals surface area contributed by atoms with Gasteiger partial charge in [0.1, 0.15) is 5.75 Å². The highest BCUT2D eigenvalue weighted by Gasteiger charge is 2.19. The molecule has 0 fully saturated rings. The lowest BCUT2D eigenvalue weighted by atomic mass is 9.96. The minimum atomic E-state index is -0.270. The zero-order valence-electron chi connectivity index (χ0n) is 15.2. The number of aromatic nitrogens is 1. The summed E-state index contributed by atoms with van der Waals surface area (Å²) < 4.78 is 5.80. The zero-order chi connectivity index (χ0) is 18.8. The molecule has 5 heteroatoms. The number of rotatable bonds is 3. The van der Waals surface area contributed by atoms with Crippen molar-refractivity contribution in [1.29, 1.82) is 0 Å². The van der Waals surface area contributed by atoms with Gasteiger partial charge < -0.3 is 15.0 Å². The van der Waals surface area contributed by atoms with Crippen LogP contribution in [0.4, 0.5) is 0 Å². The molecule has 1 aliphatic rings. The number of benzene rings is 2. The van der Waals surface area contributed by atoms with Crippen LogP contribution < -0.4 is 15.6 Å². The number of nitrogens with one attached hydrogen (secondary N) is 2. The molecule has 0 spiro atoms. The average molecular weight is 362 g/mol. The predicted octanol–water partition coefficient (Wildman–Crippen LogP) is 3.21. The fourth-order valence-corrected chi connectivity index (χ4v) is 3.62. The van der Waals surface area contributed by atoms with Gasteiger partial charge in [-0.2, -0.15) is 0 Å². The van der Waals surface area contributed by atoms with Crippen molar-refractivity contribution in [3.63, 3.8) is 0 Å². The number of hydrogen-bond acceptors (Lipinski definition) is 3. The summed E-state index contributed by atoms with van der Waals surface area (Å²) in [6, 6.07) is 15.1. The maximum Gasteiger partial charge on any atom is 0.252 e. The van der Waals surface area contributed by atoms with Crippen LogP contribution in [0.5, 0.6) is 5.75 Å². The Hall–Kier alpha value is -3.08. The minimum Gasteiger partial charge on any atom is -0.493 e. The van der Waals surface area contributed by atoms with Gasteiger partial charge in [-0.3, -0.25) is 9.59 Å². The van der Waals surface area contributed by atoms with Crippen LogP contribution >= 0.6 is 0 Å². The number of carbonyl (C=O) groups excluding carboxylic acids is 1. The topological polar surface area (TPSA) is 71.2 Å². The molecule has 0 radical (unpaired) electrons. The fraction of sp³-hybridized carbons (Fsp3) is 0.273. The number of aryl methyl sites for hydroxylation is 1. The standard InChI is InChI=1S/C22H22N2O3/c1-14-6-7-19-17(10-14)18(12-21(25)24-19)22(26)23-13-15-8-9-27-20-5-3-2-4-16(20)11-15/h2-7,10,12,15H,8-9,11,13H2,1H3,(H,23,26)(H,24,25)/t15-/m0/s1. The smallest absolute Gasteiger partial charge is 0.252 e. The van der Waals surface area contributed by atoms with Crippen LogP contribution in [0.15, 0.2) is 53.3 Å². The monoisotopic (exact) mass is 362 g/mol. The van der Waals surface area contributed by atoms with E-state index in [2.05, 4.69) is 16.4 Å². The van der Waals surface area contributed by atoms with Crippen molar-refractivity contribution in [1.82, 2.24) is 10.3 Å². The number of amides is 1. The Kier molecular flexibility index (Phi) is 4.67. The molecular weight excluding hydrogens is 340 g/mol. The van der Waals surface area contributed by atoms with Crippen LogP contribution in [0.2, 0.25) is 0 Å². The molecule has 4 rings (SSSR count). The Morgan fingerprint density at radius 3 is 2.96 bits per heavy atom. The molecule has 0 aliphatic carbocycles. The maximum absolute atomic E-state index is 12.8. The number of para-hydroxylation sites is 1. The summed E-state index contributed by atoms with van der Waals surface area (Å²) in [6.07, 6.45) is 1.75. The van der Waals surface area contributed by atoms with E-state index in [4.69, 9.17) is 4.74 Å². The average Bonchev–Trinajstić information content (AvgIpc) is 2.87. The lowest BCUT2D eigenvalue weighted by Crippen LogP contribution is -2.31. The number of aromatic amines is 1. The normalized spacial score (nSPS) is 16.3. The van der Waals surface area contributed by atoms with Gasteiger partial charge in [-0.05, 0) is 49.4 Å². The van der Waals surface area contributed by atoms with Crippen molar-refractivity contribution in [2.45, 2.75) is 19.8 Å². The van der Waals surface area contributed by atoms with Crippen molar-refractivity contribution in [3.05, 3.63) is 75.6 Å². The van der Waals surface area contributed by atoms with Crippen LogP contribution in [0.3, 0.4) is 0 Å². The summed E-state index contributed by atoms with van der Waals surface area (Å²) >= 11 is 0. The molecule has 1 atom stereocenters. The van der Waals surface area contributed by atoms with Crippen LogP contribution in [0.25, 0.3) is 10.9 Å². The summed E-state index contributed by atoms with van der Waals surface area (Å²) in [5.74, 6) is 1.02. The molecule has 0 saturated heterocycles. The summed E-state index contributed by atoms with van der Waals surface area (Å²) in [4.78, 5) is 27.5. The van der Waals surface area contributed by atoms with Gasteiger partial charge in [-0.25, -0.2) is 0 Å². The van der Waals surface area contributed by atoms with Crippen LogP contribution in [0.1, 0.15) is 27.9 Å². The van der Waals surface area contributed by atoms with Crippen molar-refractivity contribution in [3.8, 4) is 5.75 Å².